The summed E-state index contributed by atoms with van der Waals surface area (Å²) in [5, 5.41) is 15.7. The highest BCUT2D eigenvalue weighted by molar-refractivity contribution is 7.99. The van der Waals surface area contributed by atoms with E-state index in [9.17, 15) is 5.11 Å². The van der Waals surface area contributed by atoms with Crippen LogP contribution in [0.3, 0.4) is 0 Å². The predicted molar refractivity (Wildman–Crippen MR) is 122 cm³/mol. The number of aliphatic hydroxyl groups is 1. The topological polar surface area (TPSA) is 70.9 Å². The summed E-state index contributed by atoms with van der Waals surface area (Å²) in [6.07, 6.45) is 5.37. The van der Waals surface area contributed by atoms with E-state index in [1.54, 1.807) is 12.4 Å². The van der Waals surface area contributed by atoms with Crippen LogP contribution in [0.4, 0.5) is 5.69 Å². The fraction of sp³-hybridized carbons (Fsp3) is 0.125. The van der Waals surface area contributed by atoms with E-state index in [1.807, 2.05) is 43.3 Å². The van der Waals surface area contributed by atoms with Gasteiger partial charge in [-0.2, -0.15) is 0 Å². The van der Waals surface area contributed by atoms with E-state index in [2.05, 4.69) is 29.0 Å². The third-order valence-corrected chi connectivity index (χ3v) is 5.66. The summed E-state index contributed by atoms with van der Waals surface area (Å²) in [5.41, 5.74) is 3.57. The van der Waals surface area contributed by atoms with Crippen LogP contribution in [0, 0.1) is 0 Å². The van der Waals surface area contributed by atoms with E-state index in [4.69, 9.17) is 9.97 Å². The Morgan fingerprint density at radius 1 is 1.13 bits per heavy atom. The second kappa shape index (κ2) is 8.97. The number of nitrogens with zero attached hydrogens (tertiary/aromatic N) is 3. The van der Waals surface area contributed by atoms with E-state index < -0.39 is 0 Å². The fourth-order valence-corrected chi connectivity index (χ4v) is 4.17. The Labute approximate surface area is 179 Å². The maximum absolute atomic E-state index is 9.97. The number of hydrogen-bond donors (Lipinski definition) is 2. The molecule has 0 bridgehead atoms. The molecule has 0 saturated heterocycles. The van der Waals surface area contributed by atoms with Crippen LogP contribution in [0.15, 0.2) is 70.8 Å². The van der Waals surface area contributed by atoms with Crippen molar-refractivity contribution in [1.82, 2.24) is 15.0 Å². The van der Waals surface area contributed by atoms with Crippen molar-refractivity contribution >= 4 is 30.3 Å². The van der Waals surface area contributed by atoms with Gasteiger partial charge in [-0.1, -0.05) is 55.6 Å². The zero-order valence-corrected chi connectivity index (χ0v) is 17.5. The lowest BCUT2D eigenvalue weighted by Gasteiger charge is -2.08. The van der Waals surface area contributed by atoms with Crippen LogP contribution in [0.5, 0.6) is 0 Å². The SMILES string of the molecule is C=c1cc(Sc2cccnc2)nc2nc(CC)c(=CO)c-2c1NCc1ccccc1. The van der Waals surface area contributed by atoms with Gasteiger partial charge < -0.3 is 10.4 Å². The van der Waals surface area contributed by atoms with Crippen molar-refractivity contribution < 1.29 is 5.11 Å². The molecule has 6 heteroatoms. The molecule has 30 heavy (non-hydrogen) atoms. The Kier molecular flexibility index (Phi) is 5.95. The lowest BCUT2D eigenvalue weighted by molar-refractivity contribution is 0.540. The highest BCUT2D eigenvalue weighted by Gasteiger charge is 2.19. The summed E-state index contributed by atoms with van der Waals surface area (Å²) in [5.74, 6) is 0.587. The monoisotopic (exact) mass is 414 g/mol. The van der Waals surface area contributed by atoms with E-state index >= 15 is 0 Å². The van der Waals surface area contributed by atoms with E-state index in [1.165, 1.54) is 11.8 Å². The van der Waals surface area contributed by atoms with Gasteiger partial charge in [0.1, 0.15) is 5.03 Å². The van der Waals surface area contributed by atoms with Gasteiger partial charge in [0.05, 0.1) is 23.2 Å². The van der Waals surface area contributed by atoms with Gasteiger partial charge in [0.2, 0.25) is 0 Å². The number of anilines is 1. The van der Waals surface area contributed by atoms with Crippen LogP contribution in [-0.4, -0.2) is 20.1 Å². The summed E-state index contributed by atoms with van der Waals surface area (Å²) in [6.45, 7) is 6.93. The molecule has 1 aromatic carbocycles. The van der Waals surface area contributed by atoms with Gasteiger partial charge in [-0.25, -0.2) is 9.97 Å². The van der Waals surface area contributed by atoms with Gasteiger partial charge >= 0.3 is 0 Å². The molecule has 2 N–H and O–H groups in total. The molecule has 4 rings (SSSR count). The maximum atomic E-state index is 9.97. The molecule has 2 aromatic rings. The number of aromatic nitrogens is 3. The average molecular weight is 415 g/mol. The maximum Gasteiger partial charge on any atom is 0.163 e. The van der Waals surface area contributed by atoms with Crippen LogP contribution in [-0.2, 0) is 13.0 Å². The molecule has 1 aromatic heterocycles. The fourth-order valence-electron chi connectivity index (χ4n) is 3.33. The molecule has 0 atom stereocenters. The van der Waals surface area contributed by atoms with Gasteiger partial charge in [-0.15, -0.1) is 0 Å². The van der Waals surface area contributed by atoms with Crippen LogP contribution in [0.1, 0.15) is 18.2 Å². The number of aliphatic hydroxyl groups excluding tert-OH is 1. The van der Waals surface area contributed by atoms with E-state index in [0.29, 0.717) is 24.0 Å². The lowest BCUT2D eigenvalue weighted by Crippen LogP contribution is -2.15. The quantitative estimate of drug-likeness (QED) is 0.497. The Hall–Kier alpha value is -3.38. The number of nitrogens with one attached hydrogen (secondary N) is 1. The summed E-state index contributed by atoms with van der Waals surface area (Å²) < 4.78 is 0. The first kappa shape index (κ1) is 19.9. The van der Waals surface area contributed by atoms with Crippen LogP contribution < -0.4 is 15.8 Å². The molecule has 0 spiro atoms. The molecular weight excluding hydrogens is 392 g/mol. The van der Waals surface area contributed by atoms with Gasteiger partial charge in [-0.05, 0) is 35.4 Å². The summed E-state index contributed by atoms with van der Waals surface area (Å²) >= 11 is 1.51. The van der Waals surface area contributed by atoms with Crippen molar-refractivity contribution in [3.05, 3.63) is 82.6 Å². The molecule has 0 unspecified atom stereocenters. The molecule has 5 nitrogen and oxygen atoms in total. The first-order valence-corrected chi connectivity index (χ1v) is 10.5. The minimum absolute atomic E-state index is 0.587. The standard InChI is InChI=1S/C24H22N4OS/c1-3-20-19(15-29)22-23(26-13-17-8-5-4-6-9-17)16(2)12-21(28-24(22)27-20)30-18-10-7-11-25-14-18/h4-12,14-15,26,29H,2-3,13H2,1H3. The largest absolute Gasteiger partial charge is 0.515 e. The molecule has 2 aliphatic heterocycles. The smallest absolute Gasteiger partial charge is 0.163 e. The van der Waals surface area contributed by atoms with Gasteiger partial charge in [0, 0.05) is 29.1 Å². The Balaban J connectivity index is 1.84. The summed E-state index contributed by atoms with van der Waals surface area (Å²) in [6, 6.07) is 16.0. The number of pyridine rings is 1. The molecule has 3 heterocycles. The number of aryl methyl sites for hydroxylation is 1. The Bertz CT molecular complexity index is 1230. The third-order valence-electron chi connectivity index (χ3n) is 4.76. The Morgan fingerprint density at radius 2 is 1.97 bits per heavy atom. The minimum Gasteiger partial charge on any atom is -0.515 e. The number of fused-ring (bicyclic) bond motifs is 1. The Morgan fingerprint density at radius 3 is 2.67 bits per heavy atom. The molecular formula is C24H22N4OS. The second-order valence-electron chi connectivity index (χ2n) is 6.78. The van der Waals surface area contributed by atoms with Crippen LogP contribution >= 0.6 is 11.8 Å². The van der Waals surface area contributed by atoms with Gasteiger partial charge in [0.15, 0.2) is 5.82 Å². The van der Waals surface area contributed by atoms with E-state index in [0.717, 1.165) is 43.9 Å². The molecule has 0 radical (unpaired) electrons. The zero-order valence-electron chi connectivity index (χ0n) is 16.7. The zero-order chi connectivity index (χ0) is 20.9. The first-order chi connectivity index (χ1) is 14.7. The summed E-state index contributed by atoms with van der Waals surface area (Å²) in [4.78, 5) is 14.7. The average Bonchev–Trinajstić information content (AvgIpc) is 3.06. The van der Waals surface area contributed by atoms with E-state index in [-0.39, 0.29) is 0 Å². The lowest BCUT2D eigenvalue weighted by atomic mass is 10.1. The van der Waals surface area contributed by atoms with Crippen molar-refractivity contribution in [3.8, 4) is 11.4 Å². The normalized spacial score (nSPS) is 11.7. The number of benzene rings is 1. The van der Waals surface area contributed by atoms with Gasteiger partial charge in [-0.3, -0.25) is 4.98 Å². The highest BCUT2D eigenvalue weighted by atomic mass is 32.2. The molecule has 2 aliphatic rings. The second-order valence-corrected chi connectivity index (χ2v) is 7.87. The first-order valence-electron chi connectivity index (χ1n) is 9.72. The number of rotatable bonds is 6. The predicted octanol–water partition coefficient (Wildman–Crippen LogP) is 4.01. The highest BCUT2D eigenvalue weighted by Crippen LogP contribution is 2.28. The van der Waals surface area contributed by atoms with Crippen molar-refractivity contribution in [3.63, 3.8) is 0 Å². The molecule has 0 saturated carbocycles. The molecule has 0 aliphatic carbocycles. The molecule has 150 valence electrons. The van der Waals surface area contributed by atoms with Crippen molar-refractivity contribution in [2.75, 3.05) is 5.32 Å². The number of hydrogen-bond acceptors (Lipinski definition) is 6. The molecule has 0 fully saturated rings. The molecule has 0 amide bonds. The van der Waals surface area contributed by atoms with Gasteiger partial charge in [0.25, 0.3) is 0 Å². The minimum atomic E-state index is 0.587. The summed E-state index contributed by atoms with van der Waals surface area (Å²) in [7, 11) is 0. The van der Waals surface area contributed by atoms with Crippen molar-refractivity contribution in [2.45, 2.75) is 29.8 Å². The van der Waals surface area contributed by atoms with Crippen molar-refractivity contribution in [2.24, 2.45) is 0 Å². The van der Waals surface area contributed by atoms with Crippen LogP contribution in [0.25, 0.3) is 24.2 Å². The third kappa shape index (κ3) is 4.14. The van der Waals surface area contributed by atoms with Crippen molar-refractivity contribution in [1.29, 1.82) is 0 Å². The van der Waals surface area contributed by atoms with Crippen LogP contribution in [0.2, 0.25) is 0 Å².